The Labute approximate surface area is 152 Å². The fraction of sp³-hybridized carbons (Fsp3) is 0.222. The van der Waals surface area contributed by atoms with E-state index in [1.54, 1.807) is 7.11 Å². The first-order chi connectivity index (χ1) is 12.0. The van der Waals surface area contributed by atoms with E-state index in [0.717, 1.165) is 22.3 Å². The van der Waals surface area contributed by atoms with E-state index in [2.05, 4.69) is 10.6 Å². The predicted octanol–water partition coefficient (Wildman–Crippen LogP) is 0.677. The second-order valence-corrected chi connectivity index (χ2v) is 6.81. The van der Waals surface area contributed by atoms with Gasteiger partial charge in [0.25, 0.3) is 5.91 Å². The molecule has 1 amide bonds. The number of fused-ring (bicyclic) bond motifs is 2. The van der Waals surface area contributed by atoms with Crippen LogP contribution in [0.2, 0.25) is 0 Å². The zero-order valence-electron chi connectivity index (χ0n) is 14.0. The van der Waals surface area contributed by atoms with Crippen LogP contribution in [0, 0.1) is 0 Å². The van der Waals surface area contributed by atoms with Gasteiger partial charge in [-0.15, -0.1) is 0 Å². The van der Waals surface area contributed by atoms with Gasteiger partial charge in [-0.1, -0.05) is 29.7 Å². The molecule has 2 heterocycles. The molecule has 2 aromatic carbocycles. The van der Waals surface area contributed by atoms with Crippen molar-refractivity contribution in [3.8, 4) is 11.5 Å². The maximum Gasteiger partial charge on any atom is 0.256 e. The second kappa shape index (κ2) is 5.77. The van der Waals surface area contributed by atoms with Crippen molar-refractivity contribution in [2.75, 3.05) is 7.11 Å². The van der Waals surface area contributed by atoms with Crippen LogP contribution in [-0.4, -0.2) is 26.0 Å². The smallest absolute Gasteiger partial charge is 0.256 e. The summed E-state index contributed by atoms with van der Waals surface area (Å²) in [5, 5.41) is 6.27. The van der Waals surface area contributed by atoms with Gasteiger partial charge in [0, 0.05) is 12.0 Å². The van der Waals surface area contributed by atoms with Crippen LogP contribution in [0.5, 0.6) is 11.5 Å². The molecule has 0 aliphatic carbocycles. The van der Waals surface area contributed by atoms with Gasteiger partial charge in [-0.05, 0) is 36.0 Å². The van der Waals surface area contributed by atoms with Crippen molar-refractivity contribution in [1.82, 2.24) is 10.6 Å². The summed E-state index contributed by atoms with van der Waals surface area (Å²) in [7, 11) is 3.62. The minimum Gasteiger partial charge on any atom is -0.497 e. The van der Waals surface area contributed by atoms with Gasteiger partial charge >= 0.3 is 0 Å². The zero-order valence-corrected chi connectivity index (χ0v) is 14.8. The first-order valence-electron chi connectivity index (χ1n) is 8.07. The van der Waals surface area contributed by atoms with Crippen molar-refractivity contribution in [2.45, 2.75) is 18.1 Å². The average Bonchev–Trinajstić information content (AvgIpc) is 2.89. The lowest BCUT2D eigenvalue weighted by atomic mass is 9.78. The van der Waals surface area contributed by atoms with Gasteiger partial charge in [0.05, 0.1) is 7.11 Å². The molecule has 2 atom stereocenters. The highest BCUT2D eigenvalue weighted by Gasteiger charge is 2.52. The van der Waals surface area contributed by atoms with E-state index < -0.39 is 5.54 Å². The Morgan fingerprint density at radius 3 is 2.88 bits per heavy atom. The molecule has 2 aliphatic heterocycles. The number of carbonyl (C=O) groups is 1. The standard InChI is InChI=1S/C18H17BN2O3S/c1-23-12-4-2-3-10(7-12)15-9-18(16(22)20-17(25)21-18)13-8-11(19)5-6-14(13)24-15/h2-8,15H,9,19H2,1H3,(H2,20,21,22,25). The summed E-state index contributed by atoms with van der Waals surface area (Å²) < 4.78 is 11.5. The highest BCUT2D eigenvalue weighted by atomic mass is 32.1. The number of thiocarbonyl (C=S) groups is 1. The summed E-state index contributed by atoms with van der Waals surface area (Å²) in [4.78, 5) is 12.8. The van der Waals surface area contributed by atoms with E-state index in [0.29, 0.717) is 17.3 Å². The Hall–Kier alpha value is -2.54. The molecular formula is C18H17BN2O3S. The van der Waals surface area contributed by atoms with E-state index >= 15 is 0 Å². The fourth-order valence-electron chi connectivity index (χ4n) is 3.52. The summed E-state index contributed by atoms with van der Waals surface area (Å²) >= 11 is 5.20. The van der Waals surface area contributed by atoms with E-state index in [-0.39, 0.29) is 12.0 Å². The van der Waals surface area contributed by atoms with Gasteiger partial charge < -0.3 is 20.1 Å². The average molecular weight is 352 g/mol. The SMILES string of the molecule is Bc1ccc2c(c1)C1(CC(c3cccc(OC)c3)O2)NC(=S)NC1=O. The molecule has 2 N–H and O–H groups in total. The monoisotopic (exact) mass is 352 g/mol. The second-order valence-electron chi connectivity index (χ2n) is 6.40. The Morgan fingerprint density at radius 2 is 2.16 bits per heavy atom. The molecule has 4 rings (SSSR count). The van der Waals surface area contributed by atoms with E-state index in [1.165, 1.54) is 0 Å². The molecule has 2 aromatic rings. The number of benzene rings is 2. The number of carbonyl (C=O) groups excluding carboxylic acids is 1. The van der Waals surface area contributed by atoms with E-state index in [1.807, 2.05) is 50.3 Å². The third-order valence-corrected chi connectivity index (χ3v) is 4.97. The van der Waals surface area contributed by atoms with Crippen molar-refractivity contribution in [2.24, 2.45) is 0 Å². The lowest BCUT2D eigenvalue weighted by Crippen LogP contribution is -2.48. The van der Waals surface area contributed by atoms with Crippen LogP contribution in [0.4, 0.5) is 0 Å². The number of methoxy groups -OCH3 is 1. The predicted molar refractivity (Wildman–Crippen MR) is 101 cm³/mol. The summed E-state index contributed by atoms with van der Waals surface area (Å²) in [6.45, 7) is 0. The van der Waals surface area contributed by atoms with Crippen LogP contribution in [0.15, 0.2) is 42.5 Å². The summed E-state index contributed by atoms with van der Waals surface area (Å²) in [6, 6.07) is 13.6. The van der Waals surface area contributed by atoms with Crippen molar-refractivity contribution in [1.29, 1.82) is 0 Å². The Bertz CT molecular complexity index is 888. The van der Waals surface area contributed by atoms with Crippen molar-refractivity contribution in [3.05, 3.63) is 53.6 Å². The molecule has 5 nitrogen and oxygen atoms in total. The topological polar surface area (TPSA) is 59.6 Å². The molecule has 7 heteroatoms. The normalized spacial score (nSPS) is 24.3. The largest absolute Gasteiger partial charge is 0.497 e. The minimum atomic E-state index is -0.912. The van der Waals surface area contributed by atoms with Crippen LogP contribution in [0.1, 0.15) is 23.7 Å². The number of hydrogen-bond acceptors (Lipinski definition) is 4. The zero-order chi connectivity index (χ0) is 17.6. The molecular weight excluding hydrogens is 335 g/mol. The lowest BCUT2D eigenvalue weighted by Gasteiger charge is -2.38. The Kier molecular flexibility index (Phi) is 3.69. The third-order valence-electron chi connectivity index (χ3n) is 4.76. The molecule has 0 saturated carbocycles. The minimum absolute atomic E-state index is 0.138. The fourth-order valence-corrected chi connectivity index (χ4v) is 3.78. The maximum absolute atomic E-state index is 12.8. The van der Waals surface area contributed by atoms with Crippen molar-refractivity contribution < 1.29 is 14.3 Å². The first-order valence-corrected chi connectivity index (χ1v) is 8.48. The van der Waals surface area contributed by atoms with Gasteiger partial charge in [0.2, 0.25) is 0 Å². The number of amides is 1. The molecule has 1 saturated heterocycles. The van der Waals surface area contributed by atoms with Gasteiger partial charge in [-0.3, -0.25) is 4.79 Å². The summed E-state index contributed by atoms with van der Waals surface area (Å²) in [5.41, 5.74) is 1.93. The van der Waals surface area contributed by atoms with Crippen LogP contribution >= 0.6 is 12.2 Å². The van der Waals surface area contributed by atoms with Crippen LogP contribution in [0.3, 0.4) is 0 Å². The van der Waals surface area contributed by atoms with Crippen LogP contribution < -0.4 is 25.6 Å². The number of ether oxygens (including phenoxy) is 2. The van der Waals surface area contributed by atoms with Gasteiger partial charge in [-0.25, -0.2) is 0 Å². The Morgan fingerprint density at radius 1 is 1.32 bits per heavy atom. The summed E-state index contributed by atoms with van der Waals surface area (Å²) in [6.07, 6.45) is 0.159. The molecule has 2 aliphatic rings. The van der Waals surface area contributed by atoms with Gasteiger partial charge in [-0.2, -0.15) is 0 Å². The highest BCUT2D eigenvalue weighted by Crippen LogP contribution is 2.45. The van der Waals surface area contributed by atoms with Crippen molar-refractivity contribution in [3.63, 3.8) is 0 Å². The highest BCUT2D eigenvalue weighted by molar-refractivity contribution is 7.80. The molecule has 1 fully saturated rings. The van der Waals surface area contributed by atoms with Gasteiger partial charge in [0.15, 0.2) is 10.7 Å². The van der Waals surface area contributed by atoms with E-state index in [4.69, 9.17) is 21.7 Å². The number of nitrogens with one attached hydrogen (secondary N) is 2. The molecule has 2 unspecified atom stereocenters. The molecule has 0 radical (unpaired) electrons. The van der Waals surface area contributed by atoms with E-state index in [9.17, 15) is 4.79 Å². The number of hydrogen-bond donors (Lipinski definition) is 2. The molecule has 126 valence electrons. The molecule has 1 spiro atoms. The van der Waals surface area contributed by atoms with Gasteiger partial charge in [0.1, 0.15) is 25.4 Å². The summed E-state index contributed by atoms with van der Waals surface area (Å²) in [5.74, 6) is 1.31. The van der Waals surface area contributed by atoms with Crippen LogP contribution in [0.25, 0.3) is 0 Å². The molecule has 0 bridgehead atoms. The quantitative estimate of drug-likeness (QED) is 0.615. The maximum atomic E-state index is 12.8. The lowest BCUT2D eigenvalue weighted by molar-refractivity contribution is -0.126. The first kappa shape index (κ1) is 16.0. The third kappa shape index (κ3) is 2.55. The number of rotatable bonds is 2. The molecule has 0 aromatic heterocycles. The Balaban J connectivity index is 1.83. The van der Waals surface area contributed by atoms with Crippen molar-refractivity contribution >= 4 is 36.5 Å². The van der Waals surface area contributed by atoms with Crippen LogP contribution in [-0.2, 0) is 10.3 Å². The molecule has 25 heavy (non-hydrogen) atoms.